The van der Waals surface area contributed by atoms with Crippen molar-refractivity contribution in [3.63, 3.8) is 0 Å². The Labute approximate surface area is 105 Å². The molecule has 0 aliphatic heterocycles. The fourth-order valence-electron chi connectivity index (χ4n) is 1.61. The molecule has 0 radical (unpaired) electrons. The zero-order valence-corrected chi connectivity index (χ0v) is 13.0. The second-order valence-corrected chi connectivity index (χ2v) is 9.02. The van der Waals surface area contributed by atoms with Crippen LogP contribution in [0, 0.1) is 0 Å². The summed E-state index contributed by atoms with van der Waals surface area (Å²) in [6.45, 7) is 9.88. The monoisotopic (exact) mass is 284 g/mol. The van der Waals surface area contributed by atoms with Crippen LogP contribution in [-0.2, 0) is 9.13 Å². The van der Waals surface area contributed by atoms with Crippen molar-refractivity contribution in [1.29, 1.82) is 0 Å². The Kier molecular flexibility index (Phi) is 8.56. The minimum atomic E-state index is -2.79. The normalized spacial score (nSPS) is 12.9. The van der Waals surface area contributed by atoms with Gasteiger partial charge in [-0.15, -0.1) is 0 Å². The second kappa shape index (κ2) is 8.41. The van der Waals surface area contributed by atoms with Gasteiger partial charge < -0.3 is 0 Å². The molecule has 0 aromatic heterocycles. The molecule has 0 atom stereocenters. The molecule has 0 aliphatic carbocycles. The third kappa shape index (κ3) is 6.70. The highest BCUT2D eigenvalue weighted by atomic mass is 31.2. The molecule has 104 valence electrons. The van der Waals surface area contributed by atoms with Gasteiger partial charge in [-0.25, -0.2) is 0 Å². The number of nitrogens with one attached hydrogen (secondary N) is 4. The highest BCUT2D eigenvalue weighted by Gasteiger charge is 2.32. The van der Waals surface area contributed by atoms with E-state index in [2.05, 4.69) is 20.3 Å². The Morgan fingerprint density at radius 2 is 0.882 bits per heavy atom. The third-order valence-corrected chi connectivity index (χ3v) is 8.55. The zero-order chi connectivity index (χ0) is 13.4. The van der Waals surface area contributed by atoms with Crippen LogP contribution in [0.5, 0.6) is 0 Å². The first kappa shape index (κ1) is 17.3. The third-order valence-electron chi connectivity index (χ3n) is 2.05. The van der Waals surface area contributed by atoms with E-state index >= 15 is 0 Å². The summed E-state index contributed by atoms with van der Waals surface area (Å²) >= 11 is 0. The lowest BCUT2D eigenvalue weighted by molar-refractivity contribution is 0.547. The Balaban J connectivity index is 4.79. The van der Waals surface area contributed by atoms with Crippen LogP contribution in [0.1, 0.15) is 27.7 Å². The van der Waals surface area contributed by atoms with Gasteiger partial charge in [0.1, 0.15) is 5.90 Å². The van der Waals surface area contributed by atoms with E-state index in [1.807, 2.05) is 27.7 Å². The maximum Gasteiger partial charge on any atom is 0.221 e. The summed E-state index contributed by atoms with van der Waals surface area (Å²) in [6, 6.07) is 0. The number of rotatable bonds is 10. The molecule has 0 spiro atoms. The van der Waals surface area contributed by atoms with E-state index in [9.17, 15) is 9.13 Å². The first-order valence-corrected chi connectivity index (χ1v) is 9.92. The van der Waals surface area contributed by atoms with E-state index in [4.69, 9.17) is 0 Å². The molecule has 8 heteroatoms. The highest BCUT2D eigenvalue weighted by molar-refractivity contribution is 7.76. The fourth-order valence-corrected chi connectivity index (χ4v) is 7.72. The fraction of sp³-hybridized carbons (Fsp3) is 1.00. The number of hydrogen-bond acceptors (Lipinski definition) is 2. The molecular formula is C9H26N4O2P2. The van der Waals surface area contributed by atoms with Gasteiger partial charge in [0.05, 0.1) is 0 Å². The summed E-state index contributed by atoms with van der Waals surface area (Å²) in [4.78, 5) is 0. The Morgan fingerprint density at radius 1 is 0.647 bits per heavy atom. The highest BCUT2D eigenvalue weighted by Crippen LogP contribution is 2.51. The molecule has 0 aromatic carbocycles. The molecule has 17 heavy (non-hydrogen) atoms. The van der Waals surface area contributed by atoms with Crippen molar-refractivity contribution in [2.75, 3.05) is 32.1 Å². The average Bonchev–Trinajstić information content (AvgIpc) is 2.17. The van der Waals surface area contributed by atoms with Gasteiger partial charge in [-0.1, -0.05) is 27.7 Å². The van der Waals surface area contributed by atoms with Gasteiger partial charge in [0, 0.05) is 0 Å². The molecule has 0 saturated heterocycles. The van der Waals surface area contributed by atoms with E-state index < -0.39 is 14.9 Å². The van der Waals surface area contributed by atoms with Gasteiger partial charge in [-0.05, 0) is 26.2 Å². The molecule has 0 fully saturated rings. The first-order chi connectivity index (χ1) is 7.95. The van der Waals surface area contributed by atoms with Crippen molar-refractivity contribution in [3.8, 4) is 0 Å². The second-order valence-electron chi connectivity index (χ2n) is 3.67. The molecular weight excluding hydrogens is 258 g/mol. The van der Waals surface area contributed by atoms with Crippen LogP contribution < -0.4 is 20.3 Å². The Hall–Kier alpha value is 0.300. The molecule has 0 bridgehead atoms. The molecule has 0 aromatic rings. The molecule has 0 amide bonds. The molecule has 0 rings (SSSR count). The summed E-state index contributed by atoms with van der Waals surface area (Å²) in [7, 11) is -5.58. The molecule has 6 nitrogen and oxygen atoms in total. The van der Waals surface area contributed by atoms with Gasteiger partial charge in [0.2, 0.25) is 14.9 Å². The van der Waals surface area contributed by atoms with Crippen molar-refractivity contribution < 1.29 is 9.13 Å². The quantitative estimate of drug-likeness (QED) is 0.458. The lowest BCUT2D eigenvalue weighted by Gasteiger charge is -2.26. The topological polar surface area (TPSA) is 82.3 Å². The van der Waals surface area contributed by atoms with Crippen LogP contribution in [0.2, 0.25) is 0 Å². The van der Waals surface area contributed by atoms with E-state index in [0.717, 1.165) is 0 Å². The van der Waals surface area contributed by atoms with Gasteiger partial charge in [0.15, 0.2) is 0 Å². The van der Waals surface area contributed by atoms with E-state index in [0.29, 0.717) is 26.2 Å². The van der Waals surface area contributed by atoms with Crippen molar-refractivity contribution >= 4 is 14.9 Å². The Bertz CT molecular complexity index is 251. The zero-order valence-electron chi connectivity index (χ0n) is 11.2. The average molecular weight is 284 g/mol. The van der Waals surface area contributed by atoms with Crippen molar-refractivity contribution in [2.24, 2.45) is 0 Å². The lowest BCUT2D eigenvalue weighted by atomic mass is 10.8. The van der Waals surface area contributed by atoms with Crippen molar-refractivity contribution in [1.82, 2.24) is 20.3 Å². The summed E-state index contributed by atoms with van der Waals surface area (Å²) in [5, 5.41) is 11.7. The van der Waals surface area contributed by atoms with E-state index in [1.165, 1.54) is 0 Å². The van der Waals surface area contributed by atoms with Crippen LogP contribution in [0.15, 0.2) is 0 Å². The molecule has 0 aliphatic rings. The molecule has 4 N–H and O–H groups in total. The Morgan fingerprint density at radius 3 is 1.06 bits per heavy atom. The minimum Gasteiger partial charge on any atom is -0.289 e. The molecule has 0 unspecified atom stereocenters. The molecule has 0 heterocycles. The first-order valence-electron chi connectivity index (χ1n) is 6.13. The van der Waals surface area contributed by atoms with Gasteiger partial charge in [-0.2, -0.15) is 0 Å². The van der Waals surface area contributed by atoms with E-state index in [-0.39, 0.29) is 5.90 Å². The summed E-state index contributed by atoms with van der Waals surface area (Å²) < 4.78 is 25.0. The SMILES string of the molecule is CCNP(=O)(CP(=O)(NCC)NCC)NCC. The van der Waals surface area contributed by atoms with Crippen molar-refractivity contribution in [2.45, 2.75) is 27.7 Å². The van der Waals surface area contributed by atoms with Crippen molar-refractivity contribution in [3.05, 3.63) is 0 Å². The summed E-state index contributed by atoms with van der Waals surface area (Å²) in [5.74, 6) is 0.101. The maximum atomic E-state index is 12.5. The van der Waals surface area contributed by atoms with E-state index in [1.54, 1.807) is 0 Å². The van der Waals surface area contributed by atoms with Gasteiger partial charge in [-0.3, -0.25) is 29.5 Å². The molecule has 0 saturated carbocycles. The predicted molar refractivity (Wildman–Crippen MR) is 74.8 cm³/mol. The maximum absolute atomic E-state index is 12.5. The number of hydrogen-bond donors (Lipinski definition) is 4. The predicted octanol–water partition coefficient (Wildman–Crippen LogP) is 1.77. The largest absolute Gasteiger partial charge is 0.289 e. The summed E-state index contributed by atoms with van der Waals surface area (Å²) in [6.07, 6.45) is 0. The smallest absolute Gasteiger partial charge is 0.221 e. The lowest BCUT2D eigenvalue weighted by Crippen LogP contribution is -2.30. The van der Waals surface area contributed by atoms with Crippen LogP contribution >= 0.6 is 14.9 Å². The van der Waals surface area contributed by atoms with Crippen LogP contribution in [0.25, 0.3) is 0 Å². The minimum absolute atomic E-state index is 0.101. The van der Waals surface area contributed by atoms with Crippen LogP contribution in [0.4, 0.5) is 0 Å². The van der Waals surface area contributed by atoms with Gasteiger partial charge in [0.25, 0.3) is 0 Å². The summed E-state index contributed by atoms with van der Waals surface area (Å²) in [5.41, 5.74) is 0. The van der Waals surface area contributed by atoms with Gasteiger partial charge >= 0.3 is 0 Å². The standard InChI is InChI=1S/C9H26N4O2P2/c1-5-10-16(14,11-6-2)9-17(15,12-7-3)13-8-4/h5-9H2,1-4H3,(H2,10,11,14)(H2,12,13,15). The van der Waals surface area contributed by atoms with Crippen LogP contribution in [-0.4, -0.2) is 32.1 Å². The van der Waals surface area contributed by atoms with Crippen LogP contribution in [0.3, 0.4) is 0 Å².